The molecule has 0 aromatic heterocycles. The van der Waals surface area contributed by atoms with E-state index in [-0.39, 0.29) is 6.54 Å². The Morgan fingerprint density at radius 1 is 1.09 bits per heavy atom. The van der Waals surface area contributed by atoms with Gasteiger partial charge in [-0.1, -0.05) is 42.5 Å². The molecule has 6 nitrogen and oxygen atoms in total. The first-order chi connectivity index (χ1) is 16.3. The van der Waals surface area contributed by atoms with Crippen molar-refractivity contribution < 1.29 is 27.4 Å². The number of hydrogen-bond donors (Lipinski definition) is 1. The lowest BCUT2D eigenvalue weighted by Crippen LogP contribution is -2.54. The molecule has 2 heterocycles. The fraction of sp³-hybridized carbons (Fsp3) is 0.480. The third-order valence-corrected chi connectivity index (χ3v) is 6.23. The lowest BCUT2D eigenvalue weighted by Gasteiger charge is -2.39. The van der Waals surface area contributed by atoms with Gasteiger partial charge in [0.05, 0.1) is 12.2 Å². The highest BCUT2D eigenvalue weighted by molar-refractivity contribution is 5.81. The molecule has 2 fully saturated rings. The van der Waals surface area contributed by atoms with E-state index in [0.29, 0.717) is 31.1 Å². The molecule has 1 N–H and O–H groups in total. The number of nitrogens with one attached hydrogen (secondary N) is 1. The van der Waals surface area contributed by atoms with Crippen molar-refractivity contribution >= 4 is 11.7 Å². The third kappa shape index (κ3) is 5.64. The molecule has 1 atom stereocenters. The quantitative estimate of drug-likeness (QED) is 0.609. The van der Waals surface area contributed by atoms with Gasteiger partial charge in [0.2, 0.25) is 0 Å². The van der Waals surface area contributed by atoms with Gasteiger partial charge in [0.1, 0.15) is 6.61 Å². The van der Waals surface area contributed by atoms with Crippen LogP contribution < -0.4 is 15.0 Å². The Balaban J connectivity index is 1.69. The predicted molar refractivity (Wildman–Crippen MR) is 124 cm³/mol. The van der Waals surface area contributed by atoms with Crippen LogP contribution in [0, 0.1) is 6.92 Å². The molecule has 9 heteroatoms. The number of piperazine rings is 1. The minimum atomic E-state index is -5.06. The fourth-order valence-electron chi connectivity index (χ4n) is 4.53. The van der Waals surface area contributed by atoms with E-state index in [1.807, 2.05) is 49.4 Å². The van der Waals surface area contributed by atoms with Gasteiger partial charge in [-0.2, -0.15) is 13.2 Å². The normalized spacial score (nSPS) is 19.3. The highest BCUT2D eigenvalue weighted by Crippen LogP contribution is 2.42. The van der Waals surface area contributed by atoms with Gasteiger partial charge in [-0.25, -0.2) is 4.79 Å². The second kappa shape index (κ2) is 10.7. The fourth-order valence-corrected chi connectivity index (χ4v) is 4.53. The van der Waals surface area contributed by atoms with E-state index in [4.69, 9.17) is 9.47 Å². The number of carbonyl (C=O) groups excluding carboxylic acids is 1. The molecule has 0 radical (unpaired) electrons. The first kappa shape index (κ1) is 24.3. The molecule has 2 aromatic rings. The smallest absolute Gasteiger partial charge is 0.489 e. The molecule has 2 aromatic carbocycles. The van der Waals surface area contributed by atoms with Crippen LogP contribution in [0.2, 0.25) is 0 Å². The minimum Gasteiger partial charge on any atom is -0.489 e. The Morgan fingerprint density at radius 3 is 2.53 bits per heavy atom. The van der Waals surface area contributed by atoms with Gasteiger partial charge in [-0.15, -0.1) is 0 Å². The summed E-state index contributed by atoms with van der Waals surface area (Å²) >= 11 is 0. The molecule has 184 valence electrons. The van der Waals surface area contributed by atoms with E-state index in [1.54, 1.807) is 4.90 Å². The van der Waals surface area contributed by atoms with Gasteiger partial charge in [0.15, 0.2) is 12.0 Å². The van der Waals surface area contributed by atoms with E-state index in [0.717, 1.165) is 36.3 Å². The van der Waals surface area contributed by atoms with Gasteiger partial charge in [0.25, 0.3) is 0 Å². The summed E-state index contributed by atoms with van der Waals surface area (Å²) in [5.41, 5.74) is 3.29. The number of anilines is 1. The number of halogens is 3. The molecule has 0 amide bonds. The van der Waals surface area contributed by atoms with Crippen molar-refractivity contribution in [3.05, 3.63) is 48.0 Å². The topological polar surface area (TPSA) is 54.0 Å². The Hall–Kier alpha value is -2.78. The second-order valence-corrected chi connectivity index (χ2v) is 8.63. The molecular weight excluding hydrogens is 447 g/mol. The van der Waals surface area contributed by atoms with Crippen LogP contribution >= 0.6 is 0 Å². The number of alkyl halides is 3. The van der Waals surface area contributed by atoms with Crippen LogP contribution in [0.15, 0.2) is 42.5 Å². The molecule has 0 spiro atoms. The van der Waals surface area contributed by atoms with Gasteiger partial charge in [-0.3, -0.25) is 4.90 Å². The molecule has 2 aliphatic heterocycles. The Morgan fingerprint density at radius 2 is 1.82 bits per heavy atom. The molecule has 4 rings (SSSR count). The highest BCUT2D eigenvalue weighted by atomic mass is 19.4. The molecule has 0 aliphatic carbocycles. The van der Waals surface area contributed by atoms with E-state index in [2.05, 4.69) is 10.2 Å². The first-order valence-corrected chi connectivity index (χ1v) is 11.6. The van der Waals surface area contributed by atoms with Crippen molar-refractivity contribution in [1.29, 1.82) is 0 Å². The van der Waals surface area contributed by atoms with Gasteiger partial charge < -0.3 is 19.7 Å². The maximum atomic E-state index is 12.9. The summed E-state index contributed by atoms with van der Waals surface area (Å²) in [4.78, 5) is 15.7. The summed E-state index contributed by atoms with van der Waals surface area (Å²) < 4.78 is 50.1. The Labute approximate surface area is 197 Å². The SMILES string of the molecule is Cc1ccc(-c2ccccc2)c(OCCN2CCCC2)c1N1CCNCC1OC(=O)C(F)(F)F. The molecule has 34 heavy (non-hydrogen) atoms. The summed E-state index contributed by atoms with van der Waals surface area (Å²) in [7, 11) is 0. The van der Waals surface area contributed by atoms with Crippen LogP contribution in [-0.4, -0.2) is 69.1 Å². The lowest BCUT2D eigenvalue weighted by molar-refractivity contribution is -0.205. The molecule has 0 bridgehead atoms. The number of esters is 1. The van der Waals surface area contributed by atoms with Crippen LogP contribution in [0.3, 0.4) is 0 Å². The van der Waals surface area contributed by atoms with Crippen molar-refractivity contribution in [2.75, 3.05) is 50.8 Å². The van der Waals surface area contributed by atoms with Gasteiger partial charge in [-0.05, 0) is 44.0 Å². The number of ether oxygens (including phenoxy) is 2. The number of rotatable bonds is 7. The minimum absolute atomic E-state index is 0.0873. The number of aryl methyl sites for hydroxylation is 1. The Kier molecular flexibility index (Phi) is 7.63. The van der Waals surface area contributed by atoms with Crippen LogP contribution in [0.1, 0.15) is 18.4 Å². The Bertz CT molecular complexity index is 979. The maximum absolute atomic E-state index is 12.9. The van der Waals surface area contributed by atoms with Crippen molar-refractivity contribution in [3.8, 4) is 16.9 Å². The number of likely N-dealkylation sites (tertiary alicyclic amines) is 1. The van der Waals surface area contributed by atoms with Crippen molar-refractivity contribution in [1.82, 2.24) is 10.2 Å². The monoisotopic (exact) mass is 477 g/mol. The average Bonchev–Trinajstić information content (AvgIpc) is 3.33. The second-order valence-electron chi connectivity index (χ2n) is 8.63. The van der Waals surface area contributed by atoms with E-state index >= 15 is 0 Å². The largest absolute Gasteiger partial charge is 0.491 e. The summed E-state index contributed by atoms with van der Waals surface area (Å²) in [6.07, 6.45) is -3.80. The summed E-state index contributed by atoms with van der Waals surface area (Å²) in [6.45, 7) is 6.21. The average molecular weight is 478 g/mol. The molecule has 0 saturated carbocycles. The van der Waals surface area contributed by atoms with Crippen LogP contribution in [-0.2, 0) is 9.53 Å². The lowest BCUT2D eigenvalue weighted by atomic mass is 10.00. The van der Waals surface area contributed by atoms with Crippen LogP contribution in [0.25, 0.3) is 11.1 Å². The van der Waals surface area contributed by atoms with Crippen molar-refractivity contribution in [2.45, 2.75) is 32.2 Å². The van der Waals surface area contributed by atoms with Crippen molar-refractivity contribution in [2.24, 2.45) is 0 Å². The third-order valence-electron chi connectivity index (χ3n) is 6.23. The predicted octanol–water partition coefficient (Wildman–Crippen LogP) is 3.98. The van der Waals surface area contributed by atoms with E-state index in [1.165, 1.54) is 12.8 Å². The number of benzene rings is 2. The zero-order valence-corrected chi connectivity index (χ0v) is 19.2. The van der Waals surface area contributed by atoms with Crippen LogP contribution in [0.5, 0.6) is 5.75 Å². The summed E-state index contributed by atoms with van der Waals surface area (Å²) in [5.74, 6) is -1.60. The first-order valence-electron chi connectivity index (χ1n) is 11.6. The number of nitrogens with zero attached hydrogens (tertiary/aromatic N) is 2. The van der Waals surface area contributed by atoms with Gasteiger partial charge >= 0.3 is 12.1 Å². The molecule has 1 unspecified atom stereocenters. The van der Waals surface area contributed by atoms with Crippen molar-refractivity contribution in [3.63, 3.8) is 0 Å². The molecule has 2 aliphatic rings. The zero-order chi connectivity index (χ0) is 24.1. The number of hydrogen-bond acceptors (Lipinski definition) is 6. The van der Waals surface area contributed by atoms with E-state index < -0.39 is 18.4 Å². The summed E-state index contributed by atoms with van der Waals surface area (Å²) in [6, 6.07) is 13.6. The maximum Gasteiger partial charge on any atom is 0.491 e. The zero-order valence-electron chi connectivity index (χ0n) is 19.2. The van der Waals surface area contributed by atoms with E-state index in [9.17, 15) is 18.0 Å². The molecule has 2 saturated heterocycles. The highest BCUT2D eigenvalue weighted by Gasteiger charge is 2.44. The molecular formula is C25H30F3N3O3. The van der Waals surface area contributed by atoms with Crippen LogP contribution in [0.4, 0.5) is 18.9 Å². The number of carbonyl (C=O) groups is 1. The summed E-state index contributed by atoms with van der Waals surface area (Å²) in [5, 5.41) is 3.02. The van der Waals surface area contributed by atoms with Gasteiger partial charge in [0, 0.05) is 25.2 Å². The standard InChI is InChI=1S/C25H30F3N3O3/c1-18-9-10-20(19-7-3-2-4-8-19)23(33-16-15-30-12-5-6-13-30)22(18)31-14-11-29-17-21(31)34-24(32)25(26,27)28/h2-4,7-10,21,29H,5-6,11-17H2,1H3.